The molecule has 3 heterocycles. The van der Waals surface area contributed by atoms with E-state index < -0.39 is 0 Å². The Balaban J connectivity index is 1.83. The molecule has 2 atom stereocenters. The highest BCUT2D eigenvalue weighted by Gasteiger charge is 2.42. The van der Waals surface area contributed by atoms with Crippen LogP contribution in [0.3, 0.4) is 0 Å². The van der Waals surface area contributed by atoms with Crippen molar-refractivity contribution in [2.75, 3.05) is 12.0 Å². The number of ether oxygens (including phenoxy) is 1. The molecule has 2 bridgehead atoms. The van der Waals surface area contributed by atoms with Crippen LogP contribution in [-0.4, -0.2) is 35.3 Å². The number of aromatic nitrogens is 2. The molecule has 0 radical (unpaired) electrons. The summed E-state index contributed by atoms with van der Waals surface area (Å²) in [6.45, 7) is 0. The third kappa shape index (κ3) is 1.88. The van der Waals surface area contributed by atoms with Gasteiger partial charge in [-0.3, -0.25) is 0 Å². The molecule has 0 N–H and O–H groups in total. The van der Waals surface area contributed by atoms with Crippen molar-refractivity contribution in [2.24, 2.45) is 0 Å². The van der Waals surface area contributed by atoms with Crippen molar-refractivity contribution < 1.29 is 9.13 Å². The monoisotopic (exact) mass is 237 g/mol. The van der Waals surface area contributed by atoms with Gasteiger partial charge in [-0.25, -0.2) is 14.4 Å². The number of methoxy groups -OCH3 is 1. The standard InChI is InChI=1S/C12H16FN3O/c1-17-11-4-9-2-3-10(5-11)16(9)12-14-6-8(13)7-15-12/h6-7,9-11H,2-5H2,1H3. The van der Waals surface area contributed by atoms with Crippen LogP contribution in [-0.2, 0) is 4.74 Å². The van der Waals surface area contributed by atoms with Gasteiger partial charge >= 0.3 is 0 Å². The second-order valence-corrected chi connectivity index (χ2v) is 4.82. The zero-order valence-corrected chi connectivity index (χ0v) is 9.84. The highest BCUT2D eigenvalue weighted by atomic mass is 19.1. The predicted octanol–water partition coefficient (Wildman–Crippen LogP) is 1.76. The zero-order chi connectivity index (χ0) is 11.8. The van der Waals surface area contributed by atoms with Crippen LogP contribution in [0.4, 0.5) is 10.3 Å². The highest BCUT2D eigenvalue weighted by molar-refractivity contribution is 5.36. The minimum Gasteiger partial charge on any atom is -0.381 e. The number of hydrogen-bond acceptors (Lipinski definition) is 4. The number of hydrogen-bond donors (Lipinski definition) is 0. The van der Waals surface area contributed by atoms with E-state index in [1.807, 2.05) is 0 Å². The highest BCUT2D eigenvalue weighted by Crippen LogP contribution is 2.38. The molecule has 4 nitrogen and oxygen atoms in total. The van der Waals surface area contributed by atoms with Gasteiger partial charge in [-0.2, -0.15) is 0 Å². The number of rotatable bonds is 2. The van der Waals surface area contributed by atoms with E-state index >= 15 is 0 Å². The molecule has 3 rings (SSSR count). The smallest absolute Gasteiger partial charge is 0.225 e. The van der Waals surface area contributed by atoms with E-state index in [0.717, 1.165) is 25.7 Å². The summed E-state index contributed by atoms with van der Waals surface area (Å²) >= 11 is 0. The molecule has 5 heteroatoms. The van der Waals surface area contributed by atoms with E-state index in [2.05, 4.69) is 14.9 Å². The number of piperidine rings is 1. The van der Waals surface area contributed by atoms with Gasteiger partial charge in [0, 0.05) is 19.2 Å². The molecule has 2 unspecified atom stereocenters. The summed E-state index contributed by atoms with van der Waals surface area (Å²) in [5.41, 5.74) is 0. The maximum Gasteiger partial charge on any atom is 0.225 e. The van der Waals surface area contributed by atoms with E-state index in [1.54, 1.807) is 7.11 Å². The lowest BCUT2D eigenvalue weighted by atomic mass is 10.0. The lowest BCUT2D eigenvalue weighted by molar-refractivity contribution is 0.0680. The Bertz CT molecular complexity index is 383. The molecule has 92 valence electrons. The lowest BCUT2D eigenvalue weighted by Crippen LogP contribution is -2.46. The molecule has 17 heavy (non-hydrogen) atoms. The molecule has 1 aromatic heterocycles. The second kappa shape index (κ2) is 4.22. The van der Waals surface area contributed by atoms with Gasteiger partial charge < -0.3 is 9.64 Å². The SMILES string of the molecule is COC1CC2CCC(C1)N2c1ncc(F)cn1. The molecule has 0 spiro atoms. The molecule has 0 amide bonds. The average molecular weight is 237 g/mol. The van der Waals surface area contributed by atoms with Crippen molar-refractivity contribution in [2.45, 2.75) is 43.9 Å². The predicted molar refractivity (Wildman–Crippen MR) is 61.3 cm³/mol. The van der Waals surface area contributed by atoms with Gasteiger partial charge in [0.1, 0.15) is 0 Å². The minimum atomic E-state index is -0.382. The Hall–Kier alpha value is -1.23. The first kappa shape index (κ1) is 10.9. The van der Waals surface area contributed by atoms with Crippen molar-refractivity contribution in [3.8, 4) is 0 Å². The third-order valence-corrected chi connectivity index (χ3v) is 3.86. The molecule has 0 aromatic carbocycles. The summed E-state index contributed by atoms with van der Waals surface area (Å²) < 4.78 is 18.3. The summed E-state index contributed by atoms with van der Waals surface area (Å²) in [6, 6.07) is 0.897. The first-order chi connectivity index (χ1) is 8.28. The Labute approximate surface area is 99.8 Å². The largest absolute Gasteiger partial charge is 0.381 e. The van der Waals surface area contributed by atoms with Crippen molar-refractivity contribution in [3.63, 3.8) is 0 Å². The molecule has 2 aliphatic rings. The summed E-state index contributed by atoms with van der Waals surface area (Å²) in [6.07, 6.45) is 7.19. The Morgan fingerprint density at radius 3 is 2.35 bits per heavy atom. The quantitative estimate of drug-likeness (QED) is 0.785. The summed E-state index contributed by atoms with van der Waals surface area (Å²) in [7, 11) is 1.77. The molecule has 2 fully saturated rings. The number of halogens is 1. The van der Waals surface area contributed by atoms with E-state index in [9.17, 15) is 4.39 Å². The first-order valence-corrected chi connectivity index (χ1v) is 6.06. The Kier molecular flexibility index (Phi) is 2.70. The fourth-order valence-electron chi connectivity index (χ4n) is 3.08. The van der Waals surface area contributed by atoms with Gasteiger partial charge in [-0.1, -0.05) is 0 Å². The fraction of sp³-hybridized carbons (Fsp3) is 0.667. The maximum absolute atomic E-state index is 12.8. The van der Waals surface area contributed by atoms with Gasteiger partial charge in [-0.05, 0) is 25.7 Å². The van der Waals surface area contributed by atoms with Gasteiger partial charge in [0.15, 0.2) is 5.82 Å². The molecule has 1 aromatic rings. The van der Waals surface area contributed by atoms with Crippen molar-refractivity contribution in [1.82, 2.24) is 9.97 Å². The van der Waals surface area contributed by atoms with Crippen LogP contribution in [0.1, 0.15) is 25.7 Å². The van der Waals surface area contributed by atoms with Crippen LogP contribution in [0.2, 0.25) is 0 Å². The van der Waals surface area contributed by atoms with E-state index in [1.165, 1.54) is 12.4 Å². The van der Waals surface area contributed by atoms with E-state index in [0.29, 0.717) is 24.1 Å². The Morgan fingerprint density at radius 1 is 1.24 bits per heavy atom. The van der Waals surface area contributed by atoms with Crippen LogP contribution < -0.4 is 4.90 Å². The third-order valence-electron chi connectivity index (χ3n) is 3.86. The van der Waals surface area contributed by atoms with Crippen molar-refractivity contribution in [3.05, 3.63) is 18.2 Å². The number of anilines is 1. The summed E-state index contributed by atoms with van der Waals surface area (Å²) in [4.78, 5) is 10.4. The molecule has 2 saturated heterocycles. The van der Waals surface area contributed by atoms with Gasteiger partial charge in [-0.15, -0.1) is 0 Å². The number of nitrogens with zero attached hydrogens (tertiary/aromatic N) is 3. The molecule has 0 saturated carbocycles. The molecular weight excluding hydrogens is 221 g/mol. The van der Waals surface area contributed by atoms with Crippen LogP contribution in [0.15, 0.2) is 12.4 Å². The zero-order valence-electron chi connectivity index (χ0n) is 9.84. The summed E-state index contributed by atoms with van der Waals surface area (Å²) in [5, 5.41) is 0. The summed E-state index contributed by atoms with van der Waals surface area (Å²) in [5.74, 6) is 0.279. The lowest BCUT2D eigenvalue weighted by Gasteiger charge is -2.38. The van der Waals surface area contributed by atoms with Gasteiger partial charge in [0.05, 0.1) is 18.5 Å². The van der Waals surface area contributed by atoms with Crippen LogP contribution >= 0.6 is 0 Å². The Morgan fingerprint density at radius 2 is 1.82 bits per heavy atom. The topological polar surface area (TPSA) is 38.2 Å². The van der Waals surface area contributed by atoms with Gasteiger partial charge in [0.25, 0.3) is 0 Å². The maximum atomic E-state index is 12.8. The second-order valence-electron chi connectivity index (χ2n) is 4.82. The van der Waals surface area contributed by atoms with Crippen molar-refractivity contribution in [1.29, 1.82) is 0 Å². The van der Waals surface area contributed by atoms with Crippen LogP contribution in [0.25, 0.3) is 0 Å². The number of fused-ring (bicyclic) bond motifs is 2. The van der Waals surface area contributed by atoms with Crippen molar-refractivity contribution >= 4 is 5.95 Å². The average Bonchev–Trinajstić information content (AvgIpc) is 2.61. The van der Waals surface area contributed by atoms with Gasteiger partial charge in [0.2, 0.25) is 5.95 Å². The molecule has 2 aliphatic heterocycles. The molecular formula is C12H16FN3O. The first-order valence-electron chi connectivity index (χ1n) is 6.06. The van der Waals surface area contributed by atoms with E-state index in [-0.39, 0.29) is 5.82 Å². The van der Waals surface area contributed by atoms with Crippen LogP contribution in [0.5, 0.6) is 0 Å². The van der Waals surface area contributed by atoms with Crippen LogP contribution in [0, 0.1) is 5.82 Å². The minimum absolute atomic E-state index is 0.351. The van der Waals surface area contributed by atoms with E-state index in [4.69, 9.17) is 4.74 Å². The normalized spacial score (nSPS) is 31.9. The molecule has 0 aliphatic carbocycles. The fourth-order valence-corrected chi connectivity index (χ4v) is 3.08.